The van der Waals surface area contributed by atoms with E-state index in [0.29, 0.717) is 44.5 Å². The van der Waals surface area contributed by atoms with E-state index in [1.165, 1.54) is 0 Å². The highest BCUT2D eigenvalue weighted by Gasteiger charge is 2.30. The lowest BCUT2D eigenvalue weighted by Gasteiger charge is -2.18. The van der Waals surface area contributed by atoms with E-state index in [-0.39, 0.29) is 24.4 Å². The predicted octanol–water partition coefficient (Wildman–Crippen LogP) is 8.26. The zero-order valence-corrected chi connectivity index (χ0v) is 26.5. The largest absolute Gasteiger partial charge is 0.416 e. The summed E-state index contributed by atoms with van der Waals surface area (Å²) >= 11 is 16.2. The molecule has 0 radical (unpaired) electrons. The average Bonchev–Trinajstić information content (AvgIpc) is 2.95. The topological polar surface area (TPSA) is 88.2 Å². The van der Waals surface area contributed by atoms with Crippen LogP contribution in [0.5, 0.6) is 0 Å². The van der Waals surface area contributed by atoms with E-state index in [1.807, 2.05) is 24.3 Å². The fraction of sp³-hybridized carbons (Fsp3) is 0.200. The van der Waals surface area contributed by atoms with Crippen molar-refractivity contribution >= 4 is 55.1 Å². The van der Waals surface area contributed by atoms with Crippen LogP contribution in [0.4, 0.5) is 13.2 Å². The Morgan fingerprint density at radius 1 is 0.930 bits per heavy atom. The summed E-state index contributed by atoms with van der Waals surface area (Å²) in [6.07, 6.45) is -4.12. The molecule has 2 N–H and O–H groups in total. The van der Waals surface area contributed by atoms with Crippen molar-refractivity contribution in [1.29, 1.82) is 0 Å². The third-order valence-electron chi connectivity index (χ3n) is 6.38. The first-order valence-electron chi connectivity index (χ1n) is 12.9. The van der Waals surface area contributed by atoms with Crippen molar-refractivity contribution in [2.75, 3.05) is 5.75 Å². The van der Waals surface area contributed by atoms with Crippen molar-refractivity contribution < 1.29 is 26.4 Å². The van der Waals surface area contributed by atoms with Gasteiger partial charge in [-0.25, -0.2) is 13.1 Å². The minimum absolute atomic E-state index is 0.0265. The van der Waals surface area contributed by atoms with Crippen molar-refractivity contribution in [2.24, 2.45) is 0 Å². The summed E-state index contributed by atoms with van der Waals surface area (Å²) in [5, 5.41) is 3.49. The molecule has 0 aliphatic carbocycles. The molecular weight excluding hydrogens is 690 g/mol. The number of benzene rings is 3. The smallest absolute Gasteiger partial charge is 0.348 e. The van der Waals surface area contributed by atoms with Gasteiger partial charge >= 0.3 is 6.18 Å². The molecule has 13 heteroatoms. The maximum atomic E-state index is 13.0. The van der Waals surface area contributed by atoms with Gasteiger partial charge in [-0.3, -0.25) is 9.78 Å². The van der Waals surface area contributed by atoms with Crippen LogP contribution < -0.4 is 10.0 Å². The fourth-order valence-electron chi connectivity index (χ4n) is 4.25. The zero-order valence-electron chi connectivity index (χ0n) is 22.6. The first kappa shape index (κ1) is 32.9. The van der Waals surface area contributed by atoms with Gasteiger partial charge in [0.2, 0.25) is 10.0 Å². The van der Waals surface area contributed by atoms with Gasteiger partial charge in [0.05, 0.1) is 29.2 Å². The lowest BCUT2D eigenvalue weighted by Crippen LogP contribution is -2.28. The summed E-state index contributed by atoms with van der Waals surface area (Å²) in [5.74, 6) is -0.695. The zero-order chi connectivity index (χ0) is 31.4. The molecule has 0 bridgehead atoms. The van der Waals surface area contributed by atoms with Gasteiger partial charge in [-0.15, -0.1) is 0 Å². The van der Waals surface area contributed by atoms with Crippen LogP contribution in [0.2, 0.25) is 10.0 Å². The molecule has 0 aliphatic heterocycles. The first-order chi connectivity index (χ1) is 20.3. The predicted molar refractivity (Wildman–Crippen MR) is 166 cm³/mol. The van der Waals surface area contributed by atoms with Crippen molar-refractivity contribution in [3.8, 4) is 22.4 Å². The number of carbonyl (C=O) groups excluding carboxylic acids is 1. The van der Waals surface area contributed by atoms with Crippen LogP contribution in [-0.2, 0) is 29.3 Å². The number of nitrogens with one attached hydrogen (secondary N) is 2. The van der Waals surface area contributed by atoms with Crippen LogP contribution in [-0.4, -0.2) is 25.1 Å². The number of alkyl halides is 3. The lowest BCUT2D eigenvalue weighted by molar-refractivity contribution is -0.137. The van der Waals surface area contributed by atoms with Crippen LogP contribution in [0.1, 0.15) is 40.5 Å². The number of sulfonamides is 1. The number of rotatable bonds is 10. The molecular formula is C30H25BrCl2F3N3O3S. The van der Waals surface area contributed by atoms with Gasteiger partial charge in [-0.05, 0) is 66.6 Å². The third-order valence-corrected chi connectivity index (χ3v) is 8.98. The quantitative estimate of drug-likeness (QED) is 0.173. The monoisotopic (exact) mass is 713 g/mol. The van der Waals surface area contributed by atoms with Gasteiger partial charge in [0, 0.05) is 43.3 Å². The molecule has 1 amide bonds. The number of carbonyl (C=O) groups is 1. The van der Waals surface area contributed by atoms with Gasteiger partial charge in [0.1, 0.15) is 0 Å². The Labute approximate surface area is 265 Å². The fourth-order valence-corrected chi connectivity index (χ4v) is 6.06. The Kier molecular flexibility index (Phi) is 10.6. The molecule has 0 spiro atoms. The highest BCUT2D eigenvalue weighted by molar-refractivity contribution is 9.10. The van der Waals surface area contributed by atoms with E-state index in [9.17, 15) is 26.4 Å². The molecule has 6 nitrogen and oxygen atoms in total. The van der Waals surface area contributed by atoms with E-state index in [4.69, 9.17) is 28.2 Å². The Hall–Kier alpha value is -2.96. The maximum Gasteiger partial charge on any atom is 0.416 e. The average molecular weight is 715 g/mol. The van der Waals surface area contributed by atoms with Crippen LogP contribution in [0, 0.1) is 0 Å². The molecule has 4 aromatic rings. The van der Waals surface area contributed by atoms with Gasteiger partial charge in [0.15, 0.2) is 0 Å². The first-order valence-corrected chi connectivity index (χ1v) is 16.1. The molecule has 1 aromatic heterocycles. The Balaban J connectivity index is 1.78. The Morgan fingerprint density at radius 2 is 1.60 bits per heavy atom. The van der Waals surface area contributed by atoms with Crippen LogP contribution in [0.15, 0.2) is 77.3 Å². The summed E-state index contributed by atoms with van der Waals surface area (Å²) < 4.78 is 67.3. The van der Waals surface area contributed by atoms with Gasteiger partial charge in [0.25, 0.3) is 5.91 Å². The molecule has 43 heavy (non-hydrogen) atoms. The highest BCUT2D eigenvalue weighted by atomic mass is 79.9. The second-order valence-electron chi connectivity index (χ2n) is 9.52. The van der Waals surface area contributed by atoms with Gasteiger partial charge in [-0.1, -0.05) is 64.3 Å². The van der Waals surface area contributed by atoms with E-state index in [0.717, 1.165) is 34.3 Å². The van der Waals surface area contributed by atoms with Crippen LogP contribution in [0.25, 0.3) is 22.4 Å². The van der Waals surface area contributed by atoms with Crippen molar-refractivity contribution in [2.45, 2.75) is 32.6 Å². The van der Waals surface area contributed by atoms with Crippen molar-refractivity contribution in [3.05, 3.63) is 110 Å². The summed E-state index contributed by atoms with van der Waals surface area (Å²) in [4.78, 5) is 17.7. The van der Waals surface area contributed by atoms with E-state index < -0.39 is 27.7 Å². The van der Waals surface area contributed by atoms with Gasteiger partial charge in [-0.2, -0.15) is 13.2 Å². The molecule has 0 unspecified atom stereocenters. The summed E-state index contributed by atoms with van der Waals surface area (Å²) in [5.41, 5.74) is 2.41. The van der Waals surface area contributed by atoms with Gasteiger partial charge < -0.3 is 5.32 Å². The third kappa shape index (κ3) is 8.57. The standard InChI is InChI=1S/C30H25BrCl2F3N3O3S/c1-2-13-43(41,42)38-17-27-20(16-37-29(40)19-3-7-21(8-4-19)30(34,35)36)14-25(24-12-11-23(32)15-26(24)33)28(39-27)18-5-9-22(31)10-6-18/h3-12,14-15,38H,2,13,16-17H2,1H3,(H,37,40). The number of amides is 1. The van der Waals surface area contributed by atoms with Crippen molar-refractivity contribution in [1.82, 2.24) is 15.0 Å². The summed E-state index contributed by atoms with van der Waals surface area (Å²) in [7, 11) is -3.61. The van der Waals surface area contributed by atoms with Crippen LogP contribution >= 0.6 is 39.1 Å². The van der Waals surface area contributed by atoms with E-state index >= 15 is 0 Å². The molecule has 226 valence electrons. The van der Waals surface area contributed by atoms with E-state index in [2.05, 4.69) is 26.0 Å². The Morgan fingerprint density at radius 3 is 2.21 bits per heavy atom. The van der Waals surface area contributed by atoms with Crippen molar-refractivity contribution in [3.63, 3.8) is 0 Å². The molecule has 0 fully saturated rings. The molecule has 4 rings (SSSR count). The molecule has 0 atom stereocenters. The number of hydrogen-bond donors (Lipinski definition) is 2. The van der Waals surface area contributed by atoms with E-state index in [1.54, 1.807) is 31.2 Å². The van der Waals surface area contributed by atoms with Crippen LogP contribution in [0.3, 0.4) is 0 Å². The molecule has 0 saturated heterocycles. The molecule has 0 saturated carbocycles. The second kappa shape index (κ2) is 13.8. The maximum absolute atomic E-state index is 13.0. The summed E-state index contributed by atoms with van der Waals surface area (Å²) in [6, 6.07) is 18.0. The molecule has 3 aromatic carbocycles. The normalized spacial score (nSPS) is 11.9. The summed E-state index contributed by atoms with van der Waals surface area (Å²) in [6.45, 7) is 1.48. The minimum Gasteiger partial charge on any atom is -0.348 e. The number of halogens is 6. The number of pyridine rings is 1. The second-order valence-corrected chi connectivity index (χ2v) is 13.2. The minimum atomic E-state index is -4.53. The Bertz CT molecular complexity index is 1740. The number of hydrogen-bond acceptors (Lipinski definition) is 4. The number of aromatic nitrogens is 1. The SMILES string of the molecule is CCCS(=O)(=O)NCc1nc(-c2ccc(Br)cc2)c(-c2ccc(Cl)cc2Cl)cc1CNC(=O)c1ccc(C(F)(F)F)cc1. The molecule has 0 aliphatic rings. The highest BCUT2D eigenvalue weighted by Crippen LogP contribution is 2.38. The molecule has 1 heterocycles. The number of nitrogens with zero attached hydrogens (tertiary/aromatic N) is 1. The lowest BCUT2D eigenvalue weighted by atomic mass is 9.96.